The lowest BCUT2D eigenvalue weighted by molar-refractivity contribution is -0.140. The van der Waals surface area contributed by atoms with E-state index in [1.807, 2.05) is 18.2 Å². The van der Waals surface area contributed by atoms with E-state index >= 15 is 0 Å². The van der Waals surface area contributed by atoms with Crippen molar-refractivity contribution in [3.05, 3.63) is 47.5 Å². The summed E-state index contributed by atoms with van der Waals surface area (Å²) in [6, 6.07) is 10.8. The maximum Gasteiger partial charge on any atom is 0.302 e. The van der Waals surface area contributed by atoms with Crippen molar-refractivity contribution < 1.29 is 33.3 Å². The Balaban J connectivity index is 2.43. The number of esters is 1. The van der Waals surface area contributed by atoms with Crippen LogP contribution in [0.3, 0.4) is 0 Å². The third kappa shape index (κ3) is 6.34. The molecule has 1 atom stereocenters. The quantitative estimate of drug-likeness (QED) is 0.269. The zero-order valence-electron chi connectivity index (χ0n) is 18.6. The Kier molecular flexibility index (Phi) is 9.60. The molecule has 31 heavy (non-hydrogen) atoms. The van der Waals surface area contributed by atoms with E-state index in [2.05, 4.69) is 0 Å². The predicted octanol–water partition coefficient (Wildman–Crippen LogP) is 4.50. The van der Waals surface area contributed by atoms with Gasteiger partial charge in [0.1, 0.15) is 28.6 Å². The second-order valence-corrected chi connectivity index (χ2v) is 8.85. The van der Waals surface area contributed by atoms with E-state index in [4.69, 9.17) is 23.7 Å². The van der Waals surface area contributed by atoms with Crippen LogP contribution in [-0.2, 0) is 15.7 Å². The minimum Gasteiger partial charge on any atom is -0.496 e. The predicted molar refractivity (Wildman–Crippen MR) is 120 cm³/mol. The van der Waals surface area contributed by atoms with Crippen molar-refractivity contribution in [1.29, 1.82) is 0 Å². The molecule has 0 aliphatic rings. The van der Waals surface area contributed by atoms with Gasteiger partial charge in [-0.05, 0) is 44.8 Å². The zero-order valence-corrected chi connectivity index (χ0v) is 19.5. The van der Waals surface area contributed by atoms with E-state index in [1.54, 1.807) is 32.4 Å². The molecule has 0 radical (unpaired) electrons. The van der Waals surface area contributed by atoms with Crippen LogP contribution in [0.15, 0.2) is 36.4 Å². The standard InChI is InChI=1S/C23H29O7P/c1-16(24)30-13-8-14-31(15-17-18(26-2)9-6-10-19(17)27-3)23(25)22-20(28-4)11-7-12-21(22)29-5/h6-7,9-12H,8,13-15H2,1-5H3. The molecule has 0 spiro atoms. The van der Waals surface area contributed by atoms with Gasteiger partial charge in [0.05, 0.1) is 35.0 Å². The lowest BCUT2D eigenvalue weighted by Crippen LogP contribution is -2.10. The van der Waals surface area contributed by atoms with Gasteiger partial charge in [-0.3, -0.25) is 9.59 Å². The molecule has 8 heteroatoms. The highest BCUT2D eigenvalue weighted by atomic mass is 31.1. The monoisotopic (exact) mass is 448 g/mol. The summed E-state index contributed by atoms with van der Waals surface area (Å²) in [6.45, 7) is 1.63. The molecule has 0 fully saturated rings. The largest absolute Gasteiger partial charge is 0.496 e. The number of carbonyl (C=O) groups is 2. The van der Waals surface area contributed by atoms with Gasteiger partial charge in [-0.1, -0.05) is 12.1 Å². The fourth-order valence-corrected chi connectivity index (χ4v) is 5.46. The molecule has 2 aromatic carbocycles. The maximum absolute atomic E-state index is 13.7. The first-order chi connectivity index (χ1) is 15.0. The lowest BCUT2D eigenvalue weighted by atomic mass is 10.2. The third-order valence-electron chi connectivity index (χ3n) is 4.69. The van der Waals surface area contributed by atoms with Gasteiger partial charge in [0.25, 0.3) is 0 Å². The molecule has 0 N–H and O–H groups in total. The van der Waals surface area contributed by atoms with Crippen LogP contribution in [0.1, 0.15) is 29.3 Å². The van der Waals surface area contributed by atoms with Crippen LogP contribution < -0.4 is 18.9 Å². The molecular formula is C23H29O7P. The molecule has 0 saturated carbocycles. The summed E-state index contributed by atoms with van der Waals surface area (Å²) in [4.78, 5) is 24.8. The summed E-state index contributed by atoms with van der Waals surface area (Å²) in [5.41, 5.74) is 1.19. The SMILES string of the molecule is COc1cccc(OC)c1CP(CCCOC(C)=O)C(=O)c1c(OC)cccc1OC. The van der Waals surface area contributed by atoms with Crippen LogP contribution in [0, 0.1) is 0 Å². The Morgan fingerprint density at radius 2 is 1.29 bits per heavy atom. The van der Waals surface area contributed by atoms with Gasteiger partial charge in [0.15, 0.2) is 5.52 Å². The number of hydrogen-bond donors (Lipinski definition) is 0. The van der Waals surface area contributed by atoms with Gasteiger partial charge in [-0.15, -0.1) is 0 Å². The number of benzene rings is 2. The Morgan fingerprint density at radius 1 is 0.806 bits per heavy atom. The van der Waals surface area contributed by atoms with E-state index in [0.717, 1.165) is 5.56 Å². The summed E-state index contributed by atoms with van der Waals surface area (Å²) < 4.78 is 27.0. The molecule has 0 heterocycles. The number of ether oxygens (including phenoxy) is 5. The van der Waals surface area contributed by atoms with Gasteiger partial charge in [0, 0.05) is 18.6 Å². The van der Waals surface area contributed by atoms with Gasteiger partial charge >= 0.3 is 5.97 Å². The molecule has 2 rings (SSSR count). The molecule has 0 bridgehead atoms. The Morgan fingerprint density at radius 3 is 1.74 bits per heavy atom. The Bertz CT molecular complexity index is 853. The van der Waals surface area contributed by atoms with Crippen molar-refractivity contribution in [2.45, 2.75) is 19.5 Å². The molecule has 0 aliphatic heterocycles. The molecule has 0 amide bonds. The minimum atomic E-state index is -1.24. The molecule has 0 aliphatic carbocycles. The first kappa shape index (κ1) is 24.5. The molecule has 7 nitrogen and oxygen atoms in total. The smallest absolute Gasteiger partial charge is 0.302 e. The number of carbonyl (C=O) groups excluding carboxylic acids is 2. The zero-order chi connectivity index (χ0) is 22.8. The van der Waals surface area contributed by atoms with Gasteiger partial charge in [0.2, 0.25) is 0 Å². The van der Waals surface area contributed by atoms with E-state index in [1.165, 1.54) is 21.1 Å². The van der Waals surface area contributed by atoms with Crippen LogP contribution in [0.25, 0.3) is 0 Å². The lowest BCUT2D eigenvalue weighted by Gasteiger charge is -2.22. The van der Waals surface area contributed by atoms with Crippen molar-refractivity contribution in [3.8, 4) is 23.0 Å². The molecular weight excluding hydrogens is 419 g/mol. The fourth-order valence-electron chi connectivity index (χ4n) is 3.22. The summed E-state index contributed by atoms with van der Waals surface area (Å²) in [6.07, 6.45) is 1.57. The summed E-state index contributed by atoms with van der Waals surface area (Å²) in [5.74, 6) is 1.90. The molecule has 2 aromatic rings. The normalized spacial score (nSPS) is 11.4. The Labute approximate surface area is 184 Å². The molecule has 0 saturated heterocycles. The van der Waals surface area contributed by atoms with Crippen molar-refractivity contribution in [2.24, 2.45) is 0 Å². The first-order valence-corrected chi connectivity index (χ1v) is 11.5. The number of rotatable bonds is 12. The Hall–Kier alpha value is -2.79. The van der Waals surface area contributed by atoms with Crippen LogP contribution in [0.5, 0.6) is 23.0 Å². The van der Waals surface area contributed by atoms with Crippen molar-refractivity contribution in [1.82, 2.24) is 0 Å². The van der Waals surface area contributed by atoms with Crippen LogP contribution in [0.4, 0.5) is 0 Å². The molecule has 0 aromatic heterocycles. The third-order valence-corrected chi connectivity index (χ3v) is 7.04. The topological polar surface area (TPSA) is 80.3 Å². The van der Waals surface area contributed by atoms with E-state index in [9.17, 15) is 9.59 Å². The fraction of sp³-hybridized carbons (Fsp3) is 0.391. The summed E-state index contributed by atoms with van der Waals surface area (Å²) in [7, 11) is 4.99. The molecule has 168 valence electrons. The maximum atomic E-state index is 13.7. The van der Waals surface area contributed by atoms with Crippen LogP contribution in [-0.4, -0.2) is 52.7 Å². The highest BCUT2D eigenvalue weighted by molar-refractivity contribution is 7.74. The van der Waals surface area contributed by atoms with Crippen molar-refractivity contribution >= 4 is 19.4 Å². The highest BCUT2D eigenvalue weighted by Gasteiger charge is 2.28. The van der Waals surface area contributed by atoms with Crippen LogP contribution >= 0.6 is 7.92 Å². The molecule has 1 unspecified atom stereocenters. The van der Waals surface area contributed by atoms with E-state index in [-0.39, 0.29) is 18.1 Å². The summed E-state index contributed by atoms with van der Waals surface area (Å²) in [5, 5.41) is 0. The summed E-state index contributed by atoms with van der Waals surface area (Å²) >= 11 is 0. The second-order valence-electron chi connectivity index (χ2n) is 6.60. The van der Waals surface area contributed by atoms with Gasteiger partial charge in [-0.2, -0.15) is 0 Å². The average molecular weight is 448 g/mol. The van der Waals surface area contributed by atoms with Crippen molar-refractivity contribution in [2.75, 3.05) is 41.2 Å². The van der Waals surface area contributed by atoms with Crippen LogP contribution in [0.2, 0.25) is 0 Å². The average Bonchev–Trinajstić information content (AvgIpc) is 2.79. The first-order valence-electron chi connectivity index (χ1n) is 9.80. The van der Waals surface area contributed by atoms with E-state index < -0.39 is 7.92 Å². The minimum absolute atomic E-state index is 0.0555. The second kappa shape index (κ2) is 12.2. The van der Waals surface area contributed by atoms with Crippen molar-refractivity contribution in [3.63, 3.8) is 0 Å². The van der Waals surface area contributed by atoms with Gasteiger partial charge in [-0.25, -0.2) is 0 Å². The number of methoxy groups -OCH3 is 4. The highest BCUT2D eigenvalue weighted by Crippen LogP contribution is 2.50. The van der Waals surface area contributed by atoms with E-state index in [0.29, 0.717) is 47.3 Å². The number of hydrogen-bond acceptors (Lipinski definition) is 7. The van der Waals surface area contributed by atoms with Gasteiger partial charge < -0.3 is 23.7 Å².